The predicted octanol–water partition coefficient (Wildman–Crippen LogP) is 19.4. The van der Waals surface area contributed by atoms with E-state index in [2.05, 4.69) is 302 Å². The molecule has 0 aliphatic heterocycles. The van der Waals surface area contributed by atoms with Crippen LogP contribution in [0.3, 0.4) is 0 Å². The molecule has 10 aromatic rings. The summed E-state index contributed by atoms with van der Waals surface area (Å²) in [6, 6.07) is 69.8. The highest BCUT2D eigenvalue weighted by Crippen LogP contribution is 2.47. The van der Waals surface area contributed by atoms with Crippen LogP contribution in [0.4, 0.5) is 0 Å². The second-order valence-electron chi connectivity index (χ2n) is 27.9. The van der Waals surface area contributed by atoms with Gasteiger partial charge < -0.3 is 0 Å². The van der Waals surface area contributed by atoms with Crippen LogP contribution in [-0.4, -0.2) is 32.3 Å². The lowest BCUT2D eigenvalue weighted by atomic mass is 9.81. The first-order valence-corrected chi connectivity index (χ1v) is 41.9. The van der Waals surface area contributed by atoms with Crippen molar-refractivity contribution in [1.82, 2.24) is 0 Å². The number of rotatable bonds is 8. The maximum atomic E-state index is 2.50. The van der Waals surface area contributed by atoms with Crippen molar-refractivity contribution >= 4 is 96.1 Å². The van der Waals surface area contributed by atoms with Crippen molar-refractivity contribution in [3.63, 3.8) is 0 Å². The molecular weight excluding hydrogens is 977 g/mol. The van der Waals surface area contributed by atoms with E-state index in [1.54, 1.807) is 0 Å². The zero-order valence-corrected chi connectivity index (χ0v) is 53.3. The standard InChI is InChI=1S/2C36H42Si2/c1-36(2,3)27-20-21-32-33(24-27)35(26-15-13-17-29(23-26)38(7,8)9)31-19-11-10-18-30(31)34(32)25-14-12-16-28(22-25)37(4,5)6;1-36(2,3)25-22-23-28-31(24-25)35(30-19-13-15-21-33(30)38(7,8)9)27-17-11-10-16-26(27)34(28)29-18-12-14-20-32(29)37(4,5)6/h2*10-24H,1-9H3. The summed E-state index contributed by atoms with van der Waals surface area (Å²) >= 11 is 0. The molecule has 0 bridgehead atoms. The van der Waals surface area contributed by atoms with Gasteiger partial charge in [-0.15, -0.1) is 0 Å². The van der Waals surface area contributed by atoms with Crippen molar-refractivity contribution < 1.29 is 0 Å². The third kappa shape index (κ3) is 10.9. The molecule has 0 fully saturated rings. The fraction of sp³-hybridized carbons (Fsp3) is 0.278. The maximum absolute atomic E-state index is 2.50. The Balaban J connectivity index is 0.000000186. The number of hydrogen-bond donors (Lipinski definition) is 0. The lowest BCUT2D eigenvalue weighted by Gasteiger charge is -2.27. The summed E-state index contributed by atoms with van der Waals surface area (Å²) in [6.45, 7) is 43.4. The molecule has 0 N–H and O–H groups in total. The average molecular weight is 1060 g/mol. The summed E-state index contributed by atoms with van der Waals surface area (Å²) in [5, 5.41) is 16.9. The van der Waals surface area contributed by atoms with Gasteiger partial charge in [0.25, 0.3) is 0 Å². The van der Waals surface area contributed by atoms with Gasteiger partial charge in [-0.3, -0.25) is 0 Å². The molecule has 0 atom stereocenters. The smallest absolute Gasteiger partial charge is 0.0656 e. The lowest BCUT2D eigenvalue weighted by Crippen LogP contribution is -2.39. The summed E-state index contributed by atoms with van der Waals surface area (Å²) in [4.78, 5) is 0. The fourth-order valence-electron chi connectivity index (χ4n) is 11.5. The van der Waals surface area contributed by atoms with Crippen molar-refractivity contribution in [3.05, 3.63) is 193 Å². The van der Waals surface area contributed by atoms with Crippen LogP contribution in [0.5, 0.6) is 0 Å². The quantitative estimate of drug-likeness (QED) is 0.105. The van der Waals surface area contributed by atoms with Gasteiger partial charge in [0.05, 0.1) is 32.3 Å². The summed E-state index contributed by atoms with van der Waals surface area (Å²) in [5.74, 6) is 0. The van der Waals surface area contributed by atoms with Crippen molar-refractivity contribution in [1.29, 1.82) is 0 Å². The zero-order chi connectivity index (χ0) is 54.9. The van der Waals surface area contributed by atoms with Crippen LogP contribution in [0.2, 0.25) is 78.6 Å². The van der Waals surface area contributed by atoms with Gasteiger partial charge >= 0.3 is 0 Å². The highest BCUT2D eigenvalue weighted by Gasteiger charge is 2.29. The SMILES string of the molecule is CC(C)(C)c1ccc2c(-c3cccc([Si](C)(C)C)c3)c3ccccc3c(-c3cccc([Si](C)(C)C)c3)c2c1.CC(C)(C)c1ccc2c(-c3ccccc3[Si](C)(C)C)c3ccccc3c(-c3ccccc3[Si](C)(C)C)c2c1. The molecule has 388 valence electrons. The van der Waals surface area contributed by atoms with E-state index in [0.29, 0.717) is 0 Å². The molecule has 0 heterocycles. The number of benzene rings is 10. The van der Waals surface area contributed by atoms with E-state index in [-0.39, 0.29) is 10.8 Å². The summed E-state index contributed by atoms with van der Waals surface area (Å²) in [7, 11) is -6.08. The molecule has 0 saturated heterocycles. The monoisotopic (exact) mass is 1060 g/mol. The average Bonchev–Trinajstić information content (AvgIpc) is 3.43. The topological polar surface area (TPSA) is 0 Å². The zero-order valence-electron chi connectivity index (χ0n) is 49.3. The largest absolute Gasteiger partial charge is 0.0784 e. The first-order chi connectivity index (χ1) is 35.5. The molecule has 0 saturated carbocycles. The Bertz CT molecular complexity index is 3810. The molecule has 0 aromatic heterocycles. The Morgan fingerprint density at radius 2 is 0.553 bits per heavy atom. The van der Waals surface area contributed by atoms with E-state index in [1.807, 2.05) is 0 Å². The van der Waals surface area contributed by atoms with Crippen molar-refractivity contribution in [2.75, 3.05) is 0 Å². The molecule has 0 radical (unpaired) electrons. The molecule has 10 aromatic carbocycles. The van der Waals surface area contributed by atoms with Gasteiger partial charge in [-0.25, -0.2) is 0 Å². The molecule has 0 aliphatic rings. The van der Waals surface area contributed by atoms with Crippen molar-refractivity contribution in [2.45, 2.75) is 131 Å². The van der Waals surface area contributed by atoms with Crippen molar-refractivity contribution in [3.8, 4) is 44.5 Å². The second-order valence-corrected chi connectivity index (χ2v) is 48.1. The Labute approximate surface area is 461 Å². The molecule has 0 nitrogen and oxygen atoms in total. The van der Waals surface area contributed by atoms with Crippen LogP contribution in [0, 0.1) is 0 Å². The third-order valence-corrected chi connectivity index (χ3v) is 24.0. The van der Waals surface area contributed by atoms with Gasteiger partial charge in [-0.05, 0) is 122 Å². The summed E-state index contributed by atoms with van der Waals surface area (Å²) in [5.41, 5.74) is 13.9. The minimum atomic E-state index is -1.59. The van der Waals surface area contributed by atoms with Crippen LogP contribution in [0.15, 0.2) is 182 Å². The van der Waals surface area contributed by atoms with Gasteiger partial charge in [-0.2, -0.15) is 0 Å². The van der Waals surface area contributed by atoms with Crippen LogP contribution < -0.4 is 20.7 Å². The van der Waals surface area contributed by atoms with E-state index in [9.17, 15) is 0 Å². The van der Waals surface area contributed by atoms with Crippen LogP contribution in [-0.2, 0) is 10.8 Å². The van der Waals surface area contributed by atoms with Gasteiger partial charge in [0, 0.05) is 0 Å². The van der Waals surface area contributed by atoms with Crippen LogP contribution in [0.25, 0.3) is 87.6 Å². The molecule has 0 unspecified atom stereocenters. The summed E-state index contributed by atoms with van der Waals surface area (Å²) in [6.07, 6.45) is 0. The highest BCUT2D eigenvalue weighted by atomic mass is 28.3. The first-order valence-electron chi connectivity index (χ1n) is 27.9. The molecule has 4 heteroatoms. The Kier molecular flexibility index (Phi) is 14.6. The van der Waals surface area contributed by atoms with E-state index in [4.69, 9.17) is 0 Å². The predicted molar refractivity (Wildman–Crippen MR) is 354 cm³/mol. The van der Waals surface area contributed by atoms with E-state index < -0.39 is 32.3 Å². The molecule has 10 rings (SSSR count). The molecule has 76 heavy (non-hydrogen) atoms. The summed E-state index contributed by atoms with van der Waals surface area (Å²) < 4.78 is 0. The Hall–Kier alpha value is -5.89. The molecule has 0 amide bonds. The second kappa shape index (κ2) is 20.2. The normalized spacial score (nSPS) is 12.9. The van der Waals surface area contributed by atoms with Crippen molar-refractivity contribution in [2.24, 2.45) is 0 Å². The highest BCUT2D eigenvalue weighted by molar-refractivity contribution is 6.91. The van der Waals surface area contributed by atoms with Gasteiger partial charge in [0.2, 0.25) is 0 Å². The number of hydrogen-bond acceptors (Lipinski definition) is 0. The Morgan fingerprint density at radius 1 is 0.250 bits per heavy atom. The minimum absolute atomic E-state index is 0.0752. The van der Waals surface area contributed by atoms with E-state index in [0.717, 1.165) is 0 Å². The minimum Gasteiger partial charge on any atom is -0.0656 e. The third-order valence-electron chi connectivity index (χ3n) is 15.8. The lowest BCUT2D eigenvalue weighted by molar-refractivity contribution is 0.591. The Morgan fingerprint density at radius 3 is 0.921 bits per heavy atom. The van der Waals surface area contributed by atoms with E-state index >= 15 is 0 Å². The fourth-order valence-corrected chi connectivity index (χ4v) is 17.1. The molecule has 0 spiro atoms. The van der Waals surface area contributed by atoms with Crippen LogP contribution in [0.1, 0.15) is 52.7 Å². The molecular formula is C72H84Si4. The maximum Gasteiger partial charge on any atom is 0.0784 e. The van der Waals surface area contributed by atoms with Gasteiger partial charge in [0.1, 0.15) is 0 Å². The van der Waals surface area contributed by atoms with Gasteiger partial charge in [0.15, 0.2) is 0 Å². The molecule has 0 aliphatic carbocycles. The van der Waals surface area contributed by atoms with Crippen LogP contribution >= 0.6 is 0 Å². The van der Waals surface area contributed by atoms with E-state index in [1.165, 1.54) is 119 Å². The first kappa shape index (κ1) is 54.9. The van der Waals surface area contributed by atoms with Gasteiger partial charge in [-0.1, -0.05) is 311 Å². The number of fused-ring (bicyclic) bond motifs is 4.